The normalized spacial score (nSPS) is 16.0. The highest BCUT2D eigenvalue weighted by Gasteiger charge is 2.26. The minimum absolute atomic E-state index is 0.0115. The molecule has 2 N–H and O–H groups in total. The molecule has 0 aliphatic carbocycles. The van der Waals surface area contributed by atoms with Gasteiger partial charge in [-0.1, -0.05) is 25.5 Å². The van der Waals surface area contributed by atoms with Crippen LogP contribution >= 0.6 is 0 Å². The lowest BCUT2D eigenvalue weighted by molar-refractivity contribution is -0.120. The molecule has 0 saturated heterocycles. The van der Waals surface area contributed by atoms with Gasteiger partial charge in [0.25, 0.3) is 0 Å². The van der Waals surface area contributed by atoms with E-state index in [9.17, 15) is 4.79 Å². The second kappa shape index (κ2) is 5.19. The monoisotopic (exact) mass is 234 g/mol. The summed E-state index contributed by atoms with van der Waals surface area (Å²) in [5, 5.41) is 0. The van der Waals surface area contributed by atoms with E-state index in [0.717, 1.165) is 24.3 Å². The van der Waals surface area contributed by atoms with Crippen LogP contribution < -0.4 is 15.4 Å². The van der Waals surface area contributed by atoms with Crippen LogP contribution in [-0.4, -0.2) is 25.1 Å². The van der Waals surface area contributed by atoms with E-state index in [1.165, 1.54) is 0 Å². The number of hydrogen-bond acceptors (Lipinski definition) is 3. The van der Waals surface area contributed by atoms with E-state index in [-0.39, 0.29) is 5.91 Å². The van der Waals surface area contributed by atoms with Gasteiger partial charge in [0.15, 0.2) is 0 Å². The quantitative estimate of drug-likeness (QED) is 0.863. The predicted octanol–water partition coefficient (Wildman–Crippen LogP) is 1.54. The minimum Gasteiger partial charge on any atom is -0.490 e. The number of amides is 1. The van der Waals surface area contributed by atoms with Crippen molar-refractivity contribution in [2.24, 2.45) is 5.73 Å². The van der Waals surface area contributed by atoms with Crippen molar-refractivity contribution in [2.75, 3.05) is 18.1 Å². The lowest BCUT2D eigenvalue weighted by Gasteiger charge is -2.31. The molecule has 4 nitrogen and oxygen atoms in total. The lowest BCUT2D eigenvalue weighted by atomic mass is 10.1. The highest BCUT2D eigenvalue weighted by atomic mass is 16.5. The SMILES string of the molecule is CCC[C@H](N)C(=O)N1CCOc2ccccc21. The maximum Gasteiger partial charge on any atom is 0.244 e. The van der Waals surface area contributed by atoms with Crippen molar-refractivity contribution in [3.8, 4) is 5.75 Å². The summed E-state index contributed by atoms with van der Waals surface area (Å²) in [6, 6.07) is 7.16. The van der Waals surface area contributed by atoms with E-state index in [2.05, 4.69) is 0 Å². The van der Waals surface area contributed by atoms with E-state index in [0.29, 0.717) is 13.2 Å². The van der Waals surface area contributed by atoms with Gasteiger partial charge in [0.1, 0.15) is 12.4 Å². The molecule has 17 heavy (non-hydrogen) atoms. The van der Waals surface area contributed by atoms with E-state index in [1.54, 1.807) is 4.90 Å². The maximum absolute atomic E-state index is 12.2. The van der Waals surface area contributed by atoms with Crippen molar-refractivity contribution in [1.29, 1.82) is 0 Å². The van der Waals surface area contributed by atoms with Crippen molar-refractivity contribution >= 4 is 11.6 Å². The molecule has 0 spiro atoms. The molecule has 0 saturated carbocycles. The van der Waals surface area contributed by atoms with E-state index >= 15 is 0 Å². The lowest BCUT2D eigenvalue weighted by Crippen LogP contribution is -2.47. The molecule has 0 unspecified atom stereocenters. The second-order valence-corrected chi connectivity index (χ2v) is 4.20. The van der Waals surface area contributed by atoms with Gasteiger partial charge in [-0.2, -0.15) is 0 Å². The molecule has 1 aliphatic rings. The summed E-state index contributed by atoms with van der Waals surface area (Å²) in [4.78, 5) is 13.9. The topological polar surface area (TPSA) is 55.6 Å². The van der Waals surface area contributed by atoms with Gasteiger partial charge in [-0.05, 0) is 18.6 Å². The molecule has 1 amide bonds. The zero-order valence-corrected chi connectivity index (χ0v) is 10.1. The zero-order chi connectivity index (χ0) is 12.3. The number of nitrogens with two attached hydrogens (primary N) is 1. The fourth-order valence-electron chi connectivity index (χ4n) is 2.03. The molecule has 2 rings (SSSR count). The van der Waals surface area contributed by atoms with Crippen molar-refractivity contribution < 1.29 is 9.53 Å². The van der Waals surface area contributed by atoms with Crippen LogP contribution in [-0.2, 0) is 4.79 Å². The first-order chi connectivity index (χ1) is 8.24. The largest absolute Gasteiger partial charge is 0.490 e. The molecular weight excluding hydrogens is 216 g/mol. The summed E-state index contributed by atoms with van der Waals surface area (Å²) >= 11 is 0. The smallest absolute Gasteiger partial charge is 0.244 e. The third-order valence-corrected chi connectivity index (χ3v) is 2.91. The average molecular weight is 234 g/mol. The number of carbonyl (C=O) groups excluding carboxylic acids is 1. The van der Waals surface area contributed by atoms with Gasteiger partial charge < -0.3 is 15.4 Å². The molecule has 1 aliphatic heterocycles. The van der Waals surface area contributed by atoms with Crippen LogP contribution in [0.15, 0.2) is 24.3 Å². The van der Waals surface area contributed by atoms with Crippen LogP contribution in [0.1, 0.15) is 19.8 Å². The van der Waals surface area contributed by atoms with Crippen molar-refractivity contribution in [1.82, 2.24) is 0 Å². The first-order valence-electron chi connectivity index (χ1n) is 6.03. The maximum atomic E-state index is 12.2. The first-order valence-corrected chi connectivity index (χ1v) is 6.03. The standard InChI is InChI=1S/C13H18N2O2/c1-2-5-10(14)13(16)15-8-9-17-12-7-4-3-6-11(12)15/h3-4,6-7,10H,2,5,8-9,14H2,1H3/t10-/m0/s1. The Balaban J connectivity index is 2.20. The molecule has 0 fully saturated rings. The molecule has 0 aromatic heterocycles. The minimum atomic E-state index is -0.411. The number of fused-ring (bicyclic) bond motifs is 1. The van der Waals surface area contributed by atoms with Gasteiger partial charge in [-0.25, -0.2) is 0 Å². The Morgan fingerprint density at radius 1 is 1.53 bits per heavy atom. The number of nitrogens with zero attached hydrogens (tertiary/aromatic N) is 1. The first kappa shape index (κ1) is 11.9. The number of benzene rings is 1. The number of ether oxygens (including phenoxy) is 1. The molecule has 1 atom stereocenters. The van der Waals surface area contributed by atoms with Gasteiger partial charge in [-0.15, -0.1) is 0 Å². The summed E-state index contributed by atoms with van der Waals surface area (Å²) in [5.41, 5.74) is 6.71. The molecule has 1 aromatic rings. The Labute approximate surface area is 101 Å². The molecule has 1 aromatic carbocycles. The fourth-order valence-corrected chi connectivity index (χ4v) is 2.03. The van der Waals surface area contributed by atoms with Crippen LogP contribution in [0.2, 0.25) is 0 Å². The van der Waals surface area contributed by atoms with Crippen molar-refractivity contribution in [2.45, 2.75) is 25.8 Å². The predicted molar refractivity (Wildman–Crippen MR) is 67.2 cm³/mol. The number of anilines is 1. The van der Waals surface area contributed by atoms with Crippen LogP contribution in [0.25, 0.3) is 0 Å². The Hall–Kier alpha value is -1.55. The van der Waals surface area contributed by atoms with Crippen LogP contribution in [0.4, 0.5) is 5.69 Å². The Morgan fingerprint density at radius 2 is 2.29 bits per heavy atom. The summed E-state index contributed by atoms with van der Waals surface area (Å²) in [6.45, 7) is 3.13. The van der Waals surface area contributed by atoms with Gasteiger partial charge in [0.05, 0.1) is 18.3 Å². The van der Waals surface area contributed by atoms with Crippen LogP contribution in [0, 0.1) is 0 Å². The second-order valence-electron chi connectivity index (χ2n) is 4.20. The van der Waals surface area contributed by atoms with Gasteiger partial charge >= 0.3 is 0 Å². The summed E-state index contributed by atoms with van der Waals surface area (Å²) in [5.74, 6) is 0.749. The molecular formula is C13H18N2O2. The Morgan fingerprint density at radius 3 is 3.06 bits per heavy atom. The van der Waals surface area contributed by atoms with Crippen LogP contribution in [0.5, 0.6) is 5.75 Å². The third kappa shape index (κ3) is 2.42. The zero-order valence-electron chi connectivity index (χ0n) is 10.1. The molecule has 1 heterocycles. The summed E-state index contributed by atoms with van der Waals surface area (Å²) in [6.07, 6.45) is 1.64. The highest BCUT2D eigenvalue weighted by molar-refractivity contribution is 5.98. The number of para-hydroxylation sites is 2. The third-order valence-electron chi connectivity index (χ3n) is 2.91. The number of carbonyl (C=O) groups is 1. The van der Waals surface area contributed by atoms with Gasteiger partial charge in [0.2, 0.25) is 5.91 Å². The molecule has 92 valence electrons. The Bertz CT molecular complexity index is 406. The van der Waals surface area contributed by atoms with E-state index in [1.807, 2.05) is 31.2 Å². The number of hydrogen-bond donors (Lipinski definition) is 1. The summed E-state index contributed by atoms with van der Waals surface area (Å²) in [7, 11) is 0. The summed E-state index contributed by atoms with van der Waals surface area (Å²) < 4.78 is 5.51. The number of rotatable bonds is 3. The van der Waals surface area contributed by atoms with E-state index in [4.69, 9.17) is 10.5 Å². The van der Waals surface area contributed by atoms with Crippen LogP contribution in [0.3, 0.4) is 0 Å². The van der Waals surface area contributed by atoms with Gasteiger partial charge in [-0.3, -0.25) is 4.79 Å². The molecule has 0 bridgehead atoms. The van der Waals surface area contributed by atoms with Gasteiger partial charge in [0, 0.05) is 0 Å². The molecule has 0 radical (unpaired) electrons. The Kier molecular flexibility index (Phi) is 3.64. The highest BCUT2D eigenvalue weighted by Crippen LogP contribution is 2.31. The van der Waals surface area contributed by atoms with E-state index < -0.39 is 6.04 Å². The average Bonchev–Trinajstić information content (AvgIpc) is 2.37. The van der Waals surface area contributed by atoms with Crippen molar-refractivity contribution in [3.05, 3.63) is 24.3 Å². The fraction of sp³-hybridized carbons (Fsp3) is 0.462. The molecule has 4 heteroatoms. The van der Waals surface area contributed by atoms with Crippen molar-refractivity contribution in [3.63, 3.8) is 0 Å².